The topological polar surface area (TPSA) is 40.2 Å². The predicted octanol–water partition coefficient (Wildman–Crippen LogP) is 4.37. The Morgan fingerprint density at radius 2 is 1.92 bits per heavy atom. The Balaban J connectivity index is 1.57. The molecular weight excluding hydrogens is 328 g/mol. The van der Waals surface area contributed by atoms with Gasteiger partial charge in [0.25, 0.3) is 0 Å². The highest BCUT2D eigenvalue weighted by Gasteiger charge is 2.16. The minimum atomic E-state index is 0.149. The van der Waals surface area contributed by atoms with Crippen LogP contribution in [-0.4, -0.2) is 23.2 Å². The van der Waals surface area contributed by atoms with Gasteiger partial charge in [-0.05, 0) is 67.7 Å². The first-order valence-electron chi connectivity index (χ1n) is 8.94. The third-order valence-electron chi connectivity index (χ3n) is 4.70. The van der Waals surface area contributed by atoms with Crippen molar-refractivity contribution in [2.75, 3.05) is 23.3 Å². The summed E-state index contributed by atoms with van der Waals surface area (Å²) in [5.41, 5.74) is 3.49. The molecular formula is C20H26N4S. The van der Waals surface area contributed by atoms with Crippen LogP contribution >= 0.6 is 12.2 Å². The molecule has 0 saturated carbocycles. The smallest absolute Gasteiger partial charge is 0.171 e. The van der Waals surface area contributed by atoms with E-state index in [-0.39, 0.29) is 6.04 Å². The van der Waals surface area contributed by atoms with Gasteiger partial charge in [-0.15, -0.1) is 0 Å². The number of benzene rings is 1. The highest BCUT2D eigenvalue weighted by molar-refractivity contribution is 7.80. The Kier molecular flexibility index (Phi) is 5.87. The lowest BCUT2D eigenvalue weighted by Crippen LogP contribution is -2.34. The van der Waals surface area contributed by atoms with Crippen LogP contribution in [0.4, 0.5) is 11.4 Å². The number of anilines is 2. The largest absolute Gasteiger partial charge is 0.371 e. The van der Waals surface area contributed by atoms with Crippen LogP contribution in [-0.2, 0) is 0 Å². The summed E-state index contributed by atoms with van der Waals surface area (Å²) in [4.78, 5) is 6.50. The molecule has 2 N–H and O–H groups in total. The van der Waals surface area contributed by atoms with Gasteiger partial charge in [0.1, 0.15) is 0 Å². The number of pyridine rings is 1. The van der Waals surface area contributed by atoms with Crippen molar-refractivity contribution in [3.63, 3.8) is 0 Å². The zero-order chi connectivity index (χ0) is 17.6. The molecule has 1 fully saturated rings. The summed E-state index contributed by atoms with van der Waals surface area (Å²) in [5.74, 6) is 0.783. The molecule has 0 amide bonds. The van der Waals surface area contributed by atoms with E-state index in [4.69, 9.17) is 12.2 Å². The lowest BCUT2D eigenvalue weighted by atomic mass is 9.99. The molecule has 25 heavy (non-hydrogen) atoms. The van der Waals surface area contributed by atoms with E-state index >= 15 is 0 Å². The summed E-state index contributed by atoms with van der Waals surface area (Å²) in [7, 11) is 0. The van der Waals surface area contributed by atoms with Gasteiger partial charge in [-0.1, -0.05) is 19.1 Å². The van der Waals surface area contributed by atoms with E-state index < -0.39 is 0 Å². The van der Waals surface area contributed by atoms with Crippen molar-refractivity contribution in [2.24, 2.45) is 5.92 Å². The summed E-state index contributed by atoms with van der Waals surface area (Å²) < 4.78 is 0. The van der Waals surface area contributed by atoms with Gasteiger partial charge in [0.15, 0.2) is 5.11 Å². The zero-order valence-corrected chi connectivity index (χ0v) is 15.7. The molecule has 0 aliphatic carbocycles. The van der Waals surface area contributed by atoms with Crippen LogP contribution < -0.4 is 15.5 Å². The van der Waals surface area contributed by atoms with Crippen molar-refractivity contribution in [3.05, 3.63) is 54.4 Å². The van der Waals surface area contributed by atoms with E-state index in [9.17, 15) is 0 Å². The molecule has 0 bridgehead atoms. The Hall–Kier alpha value is -2.14. The third kappa shape index (κ3) is 4.92. The molecule has 0 unspecified atom stereocenters. The minimum absolute atomic E-state index is 0.149. The van der Waals surface area contributed by atoms with E-state index in [0.29, 0.717) is 5.11 Å². The minimum Gasteiger partial charge on any atom is -0.371 e. The summed E-state index contributed by atoms with van der Waals surface area (Å²) in [5, 5.41) is 7.14. The highest BCUT2D eigenvalue weighted by atomic mass is 32.1. The maximum absolute atomic E-state index is 5.40. The van der Waals surface area contributed by atoms with Gasteiger partial charge in [0.2, 0.25) is 0 Å². The van der Waals surface area contributed by atoms with Gasteiger partial charge in [-0.25, -0.2) is 0 Å². The van der Waals surface area contributed by atoms with E-state index in [1.54, 1.807) is 12.4 Å². The maximum atomic E-state index is 5.40. The quantitative estimate of drug-likeness (QED) is 0.798. The Labute approximate surface area is 155 Å². The van der Waals surface area contributed by atoms with E-state index in [0.717, 1.165) is 24.7 Å². The fraction of sp³-hybridized carbons (Fsp3) is 0.400. The second-order valence-electron chi connectivity index (χ2n) is 6.84. The van der Waals surface area contributed by atoms with Crippen LogP contribution in [0.25, 0.3) is 0 Å². The molecule has 132 valence electrons. The molecule has 1 aromatic carbocycles. The van der Waals surface area contributed by atoms with Crippen molar-refractivity contribution in [1.29, 1.82) is 0 Å². The van der Waals surface area contributed by atoms with Crippen molar-refractivity contribution >= 4 is 28.7 Å². The Bertz CT molecular complexity index is 687. The molecule has 4 nitrogen and oxygen atoms in total. The molecule has 0 radical (unpaired) electrons. The third-order valence-corrected chi connectivity index (χ3v) is 4.92. The highest BCUT2D eigenvalue weighted by Crippen LogP contribution is 2.24. The first-order valence-corrected chi connectivity index (χ1v) is 9.35. The summed E-state index contributed by atoms with van der Waals surface area (Å²) in [6.07, 6.45) is 6.12. The average Bonchev–Trinajstić information content (AvgIpc) is 2.62. The molecule has 2 aromatic rings. The van der Waals surface area contributed by atoms with Gasteiger partial charge in [-0.2, -0.15) is 0 Å². The molecule has 0 spiro atoms. The number of piperidine rings is 1. The van der Waals surface area contributed by atoms with Gasteiger partial charge >= 0.3 is 0 Å². The number of rotatable bonds is 4. The van der Waals surface area contributed by atoms with Crippen LogP contribution in [0.15, 0.2) is 48.8 Å². The second kappa shape index (κ2) is 8.30. The van der Waals surface area contributed by atoms with Crippen LogP contribution in [0.3, 0.4) is 0 Å². The maximum Gasteiger partial charge on any atom is 0.171 e. The van der Waals surface area contributed by atoms with Gasteiger partial charge in [0.05, 0.1) is 6.04 Å². The van der Waals surface area contributed by atoms with E-state index in [2.05, 4.69) is 58.6 Å². The van der Waals surface area contributed by atoms with Crippen LogP contribution in [0.1, 0.15) is 38.3 Å². The molecule has 1 aliphatic heterocycles. The number of hydrogen-bond acceptors (Lipinski definition) is 3. The number of hydrogen-bond donors (Lipinski definition) is 2. The lowest BCUT2D eigenvalue weighted by molar-refractivity contribution is 0.447. The zero-order valence-electron chi connectivity index (χ0n) is 14.9. The Morgan fingerprint density at radius 3 is 2.60 bits per heavy atom. The average molecular weight is 355 g/mol. The number of nitrogens with zero attached hydrogens (tertiary/aromatic N) is 2. The molecule has 3 rings (SSSR count). The van der Waals surface area contributed by atoms with Crippen molar-refractivity contribution < 1.29 is 0 Å². The Morgan fingerprint density at radius 1 is 1.20 bits per heavy atom. The van der Waals surface area contributed by atoms with Crippen LogP contribution in [0.5, 0.6) is 0 Å². The fourth-order valence-electron chi connectivity index (χ4n) is 3.28. The molecule has 2 atom stereocenters. The monoisotopic (exact) mass is 354 g/mol. The number of aromatic nitrogens is 1. The fourth-order valence-corrected chi connectivity index (χ4v) is 3.57. The summed E-state index contributed by atoms with van der Waals surface area (Å²) in [6, 6.07) is 12.8. The second-order valence-corrected chi connectivity index (χ2v) is 7.25. The molecule has 2 heterocycles. The molecule has 1 saturated heterocycles. The number of thiocarbonyl (C=S) groups is 1. The van der Waals surface area contributed by atoms with Gasteiger partial charge < -0.3 is 15.5 Å². The summed E-state index contributed by atoms with van der Waals surface area (Å²) >= 11 is 5.40. The standard InChI is InChI=1S/C20H26N4S/c1-15-4-3-13-24(14-15)19-7-5-17(6-8-19)16(2)22-20(25)23-18-9-11-21-12-10-18/h5-12,15-16H,3-4,13-14H2,1-2H3,(H2,21,22,23,25)/t15-,16+/m0/s1. The normalized spacial score (nSPS) is 18.5. The SMILES string of the molecule is C[C@H]1CCCN(c2ccc([C@@H](C)NC(=S)Nc3ccncc3)cc2)C1. The van der Waals surface area contributed by atoms with Crippen molar-refractivity contribution in [3.8, 4) is 0 Å². The first-order chi connectivity index (χ1) is 12.1. The first kappa shape index (κ1) is 17.7. The molecule has 5 heteroatoms. The van der Waals surface area contributed by atoms with E-state index in [1.165, 1.54) is 24.1 Å². The molecule has 1 aliphatic rings. The lowest BCUT2D eigenvalue weighted by Gasteiger charge is -2.33. The van der Waals surface area contributed by atoms with Gasteiger partial charge in [0, 0.05) is 36.9 Å². The van der Waals surface area contributed by atoms with E-state index in [1.807, 2.05) is 12.1 Å². The number of nitrogens with one attached hydrogen (secondary N) is 2. The molecule has 1 aromatic heterocycles. The van der Waals surface area contributed by atoms with Crippen molar-refractivity contribution in [2.45, 2.75) is 32.7 Å². The van der Waals surface area contributed by atoms with Crippen molar-refractivity contribution in [1.82, 2.24) is 10.3 Å². The van der Waals surface area contributed by atoms with Gasteiger partial charge in [-0.3, -0.25) is 4.98 Å². The van der Waals surface area contributed by atoms with Crippen LogP contribution in [0.2, 0.25) is 0 Å². The van der Waals surface area contributed by atoms with Crippen LogP contribution in [0, 0.1) is 5.92 Å². The predicted molar refractivity (Wildman–Crippen MR) is 109 cm³/mol. The summed E-state index contributed by atoms with van der Waals surface area (Å²) in [6.45, 7) is 6.78.